The summed E-state index contributed by atoms with van der Waals surface area (Å²) in [4.78, 5) is 50.9. The summed E-state index contributed by atoms with van der Waals surface area (Å²) in [6.07, 6.45) is 11.2. The molecule has 2 saturated heterocycles. The van der Waals surface area contributed by atoms with Gasteiger partial charge in [0.2, 0.25) is 0 Å². The van der Waals surface area contributed by atoms with Gasteiger partial charge in [-0.15, -0.1) is 0 Å². The largest absolute Gasteiger partial charge is 0.472 e. The van der Waals surface area contributed by atoms with E-state index in [1.165, 1.54) is 96.3 Å². The van der Waals surface area contributed by atoms with Crippen LogP contribution in [0.25, 0.3) is 0 Å². The first-order valence-electron chi connectivity index (χ1n) is 36.6. The average Bonchev–Trinajstić information content (AvgIpc) is 0.764. The summed E-state index contributed by atoms with van der Waals surface area (Å²) >= 11 is 0. The highest BCUT2D eigenvalue weighted by Gasteiger charge is 2.58. The van der Waals surface area contributed by atoms with Crippen LogP contribution in [-0.4, -0.2) is 204 Å². The van der Waals surface area contributed by atoms with Crippen molar-refractivity contribution in [1.82, 2.24) is 0 Å². The van der Waals surface area contributed by atoms with Gasteiger partial charge in [-0.05, 0) is 70.6 Å². The van der Waals surface area contributed by atoms with E-state index in [4.69, 9.17) is 42.2 Å². The van der Waals surface area contributed by atoms with Crippen LogP contribution < -0.4 is 0 Å². The predicted octanol–water partition coefficient (Wildman–Crippen LogP) is 9.35. The van der Waals surface area contributed by atoms with Gasteiger partial charge in [-0.25, -0.2) is 4.57 Å². The summed E-state index contributed by atoms with van der Waals surface area (Å²) in [5.74, 6) is -2.01. The standard InChI is InChI=1S/C70H127O24P/c1-4-7-10-13-16-19-22-25-26-28-31-34-37-40-43-46-56(74)89-51(48-86-54(72)44-41-38-35-33-30-27-23-20-17-14-11-8-5-2)49-88-95(84,85)94-68-66(92-69-64(82)59(77)57(75)52(47-71)90-69)62(80)61(79)63(81)67(68)93-70-65(83)60(78)58(76)53(91-70)50-87-55(73)45-42-39-36-32-29-24-21-18-15-12-9-6-3/h19,22,27,30,51-53,57-71,75-83H,4-18,20-21,23-26,28-29,31-50H2,1-3H3,(H,84,85)/b22-19-,30-27-. The zero-order valence-electron chi connectivity index (χ0n) is 57.7. The monoisotopic (exact) mass is 1380 g/mol. The number of rotatable bonds is 56. The van der Waals surface area contributed by atoms with Crippen LogP contribution in [0.4, 0.5) is 0 Å². The van der Waals surface area contributed by atoms with Crippen molar-refractivity contribution >= 4 is 25.7 Å². The third-order valence-corrected chi connectivity index (χ3v) is 18.9. The van der Waals surface area contributed by atoms with Crippen molar-refractivity contribution in [3.05, 3.63) is 24.3 Å². The van der Waals surface area contributed by atoms with Crippen molar-refractivity contribution in [1.29, 1.82) is 0 Å². The van der Waals surface area contributed by atoms with Crippen LogP contribution in [0.5, 0.6) is 0 Å². The molecule has 2 aliphatic heterocycles. The molecule has 0 bridgehead atoms. The molecule has 3 fully saturated rings. The van der Waals surface area contributed by atoms with Gasteiger partial charge in [0.15, 0.2) is 18.7 Å². The van der Waals surface area contributed by atoms with Crippen molar-refractivity contribution in [3.8, 4) is 0 Å². The van der Waals surface area contributed by atoms with Crippen LogP contribution in [0.15, 0.2) is 24.3 Å². The number of hydrogen-bond acceptors (Lipinski definition) is 23. The van der Waals surface area contributed by atoms with E-state index in [1.54, 1.807) is 0 Å². The first kappa shape index (κ1) is 86.7. The van der Waals surface area contributed by atoms with Crippen molar-refractivity contribution < 1.29 is 117 Å². The van der Waals surface area contributed by atoms with Crippen LogP contribution in [0.2, 0.25) is 0 Å². The van der Waals surface area contributed by atoms with Crippen molar-refractivity contribution in [2.45, 2.75) is 375 Å². The summed E-state index contributed by atoms with van der Waals surface area (Å²) < 4.78 is 64.9. The Morgan fingerprint density at radius 1 is 0.400 bits per heavy atom. The van der Waals surface area contributed by atoms with Gasteiger partial charge in [0.25, 0.3) is 0 Å². The lowest BCUT2D eigenvalue weighted by Gasteiger charge is -2.49. The summed E-state index contributed by atoms with van der Waals surface area (Å²) in [6, 6.07) is 0. The summed E-state index contributed by atoms with van der Waals surface area (Å²) in [7, 11) is -5.70. The minimum atomic E-state index is -5.70. The number of aliphatic hydroxyl groups excluding tert-OH is 10. The third kappa shape index (κ3) is 36.1. The zero-order valence-corrected chi connectivity index (χ0v) is 58.6. The predicted molar refractivity (Wildman–Crippen MR) is 356 cm³/mol. The molecule has 3 aliphatic rings. The van der Waals surface area contributed by atoms with E-state index in [0.29, 0.717) is 19.3 Å². The second-order valence-electron chi connectivity index (χ2n) is 26.3. The van der Waals surface area contributed by atoms with Gasteiger partial charge in [0, 0.05) is 19.3 Å². The Bertz CT molecular complexity index is 2070. The number of phosphoric ester groups is 1. The Labute approximate surface area is 566 Å². The van der Waals surface area contributed by atoms with E-state index in [0.717, 1.165) is 116 Å². The summed E-state index contributed by atoms with van der Waals surface area (Å²) in [6.45, 7) is 3.38. The van der Waals surface area contributed by atoms with Gasteiger partial charge in [-0.1, -0.05) is 206 Å². The van der Waals surface area contributed by atoms with E-state index >= 15 is 0 Å². The van der Waals surface area contributed by atoms with Gasteiger partial charge in [-0.2, -0.15) is 0 Å². The van der Waals surface area contributed by atoms with Gasteiger partial charge >= 0.3 is 25.7 Å². The summed E-state index contributed by atoms with van der Waals surface area (Å²) in [5, 5.41) is 110. The minimum absolute atomic E-state index is 0.0244. The van der Waals surface area contributed by atoms with Gasteiger partial charge < -0.3 is 89.1 Å². The molecule has 18 unspecified atom stereocenters. The average molecular weight is 1380 g/mol. The second kappa shape index (κ2) is 52.4. The molecule has 0 aromatic heterocycles. The highest BCUT2D eigenvalue weighted by molar-refractivity contribution is 7.47. The molecular weight excluding hydrogens is 1260 g/mol. The topological polar surface area (TPSA) is 374 Å². The maximum absolute atomic E-state index is 14.3. The van der Waals surface area contributed by atoms with E-state index in [-0.39, 0.29) is 19.3 Å². The number of carbonyl (C=O) groups is 3. The molecule has 95 heavy (non-hydrogen) atoms. The van der Waals surface area contributed by atoms with E-state index in [2.05, 4.69) is 45.1 Å². The molecule has 24 nitrogen and oxygen atoms in total. The molecular formula is C70H127O24P. The lowest BCUT2D eigenvalue weighted by molar-refractivity contribution is -0.360. The van der Waals surface area contributed by atoms with Crippen molar-refractivity contribution in [2.24, 2.45) is 0 Å². The maximum Gasteiger partial charge on any atom is 0.472 e. The molecule has 0 aromatic carbocycles. The zero-order chi connectivity index (χ0) is 69.6. The molecule has 1 saturated carbocycles. The van der Waals surface area contributed by atoms with Crippen molar-refractivity contribution in [3.63, 3.8) is 0 Å². The number of ether oxygens (including phenoxy) is 7. The molecule has 1 aliphatic carbocycles. The number of hydrogen-bond donors (Lipinski definition) is 11. The highest BCUT2D eigenvalue weighted by Crippen LogP contribution is 2.49. The fourth-order valence-corrected chi connectivity index (χ4v) is 12.9. The molecule has 2 heterocycles. The lowest BCUT2D eigenvalue weighted by Crippen LogP contribution is -2.69. The summed E-state index contributed by atoms with van der Waals surface area (Å²) in [5.41, 5.74) is 0. The molecule has 0 aromatic rings. The number of unbranched alkanes of at least 4 members (excludes halogenated alkanes) is 31. The molecule has 0 radical (unpaired) electrons. The van der Waals surface area contributed by atoms with E-state index in [1.807, 2.05) is 0 Å². The number of phosphoric acid groups is 1. The Kier molecular flexibility index (Phi) is 47.8. The van der Waals surface area contributed by atoms with Gasteiger partial charge in [0.1, 0.15) is 98.7 Å². The van der Waals surface area contributed by atoms with Crippen LogP contribution in [0.1, 0.15) is 271 Å². The fourth-order valence-electron chi connectivity index (χ4n) is 11.9. The molecule has 3 rings (SSSR count). The molecule has 11 N–H and O–H groups in total. The quantitative estimate of drug-likeness (QED) is 0.00887. The van der Waals surface area contributed by atoms with Crippen LogP contribution in [-0.2, 0) is 61.2 Å². The van der Waals surface area contributed by atoms with Crippen LogP contribution in [0.3, 0.4) is 0 Å². The van der Waals surface area contributed by atoms with E-state index in [9.17, 15) is 74.9 Å². The lowest BCUT2D eigenvalue weighted by atomic mass is 9.84. The first-order valence-corrected chi connectivity index (χ1v) is 38.1. The minimum Gasteiger partial charge on any atom is -0.463 e. The van der Waals surface area contributed by atoms with Gasteiger partial charge in [-0.3, -0.25) is 23.4 Å². The fraction of sp³-hybridized carbons (Fsp3) is 0.900. The molecule has 0 spiro atoms. The molecule has 25 heteroatoms. The Hall–Kier alpha value is -2.56. The molecule has 0 amide bonds. The molecule has 556 valence electrons. The maximum atomic E-state index is 14.3. The van der Waals surface area contributed by atoms with Crippen LogP contribution in [0, 0.1) is 0 Å². The number of aliphatic hydroxyl groups is 10. The smallest absolute Gasteiger partial charge is 0.463 e. The Balaban J connectivity index is 1.76. The number of allylic oxidation sites excluding steroid dienone is 4. The van der Waals surface area contributed by atoms with Crippen molar-refractivity contribution in [2.75, 3.05) is 26.4 Å². The highest BCUT2D eigenvalue weighted by atomic mass is 31.2. The normalized spacial score (nSPS) is 28.2. The number of esters is 3. The SMILES string of the molecule is CCCCCC/C=C\CCCCCCCCCC(=O)OC(COC(=O)CCCCC/C=C\CCCCCCCC)COP(=O)(O)OC1C(OC2OC(CO)C(O)C(O)C2O)C(O)C(O)C(O)C1OC1OC(COC(=O)CCCCCCCCCCCCCC)C(O)C(O)C1O. The number of carbonyl (C=O) groups excluding carboxylic acids is 3. The first-order chi connectivity index (χ1) is 45.8. The third-order valence-electron chi connectivity index (χ3n) is 18.0. The van der Waals surface area contributed by atoms with E-state index < -0.39 is 156 Å². The van der Waals surface area contributed by atoms with Gasteiger partial charge in [0.05, 0.1) is 13.2 Å². The van der Waals surface area contributed by atoms with Crippen LogP contribution >= 0.6 is 7.82 Å². The Morgan fingerprint density at radius 2 is 0.737 bits per heavy atom. The Morgan fingerprint density at radius 3 is 1.16 bits per heavy atom. The second-order valence-corrected chi connectivity index (χ2v) is 27.7. The molecule has 18 atom stereocenters.